The Hall–Kier alpha value is -2.91. The van der Waals surface area contributed by atoms with Crippen LogP contribution in [0.25, 0.3) is 10.4 Å². The Bertz CT molecular complexity index is 1030. The van der Waals surface area contributed by atoms with Crippen LogP contribution in [0.15, 0.2) is 58.6 Å². The van der Waals surface area contributed by atoms with Crippen LogP contribution in [0.3, 0.4) is 0 Å². The van der Waals surface area contributed by atoms with Crippen LogP contribution in [0, 0.1) is 0 Å². The van der Waals surface area contributed by atoms with E-state index in [1.807, 2.05) is 30.3 Å². The predicted molar refractivity (Wildman–Crippen MR) is 110 cm³/mol. The van der Waals surface area contributed by atoms with Gasteiger partial charge in [-0.15, -0.1) is 11.3 Å². The number of rotatable bonds is 7. The number of nitrogens with one attached hydrogen (secondary N) is 2. The number of ether oxygens (including phenoxy) is 1. The average Bonchev–Trinajstić information content (AvgIpc) is 3.11. The van der Waals surface area contributed by atoms with E-state index in [1.54, 1.807) is 13.0 Å². The molecule has 0 aliphatic heterocycles. The number of hydrogen-bond donors (Lipinski definition) is 2. The molecular formula is C19H17N3O4S2. The first-order valence-electron chi connectivity index (χ1n) is 8.41. The summed E-state index contributed by atoms with van der Waals surface area (Å²) in [6.45, 7) is 1.97. The Morgan fingerprint density at radius 1 is 1.25 bits per heavy atom. The van der Waals surface area contributed by atoms with Crippen molar-refractivity contribution in [3.05, 3.63) is 64.6 Å². The van der Waals surface area contributed by atoms with E-state index in [0.717, 1.165) is 22.2 Å². The third-order valence-electron chi connectivity index (χ3n) is 3.53. The summed E-state index contributed by atoms with van der Waals surface area (Å²) in [5.41, 5.74) is 0.975. The van der Waals surface area contributed by atoms with E-state index in [9.17, 15) is 14.4 Å². The lowest BCUT2D eigenvalue weighted by Gasteiger charge is -2.05. The molecule has 0 fully saturated rings. The Morgan fingerprint density at radius 2 is 2.04 bits per heavy atom. The predicted octanol–water partition coefficient (Wildman–Crippen LogP) is 3.41. The first-order chi connectivity index (χ1) is 13.6. The molecule has 0 radical (unpaired) electrons. The monoisotopic (exact) mass is 415 g/mol. The van der Waals surface area contributed by atoms with Crippen molar-refractivity contribution in [1.29, 1.82) is 0 Å². The fraction of sp³-hybridized carbons (Fsp3) is 0.158. The molecular weight excluding hydrogens is 398 g/mol. The van der Waals surface area contributed by atoms with Crippen molar-refractivity contribution in [3.8, 4) is 10.4 Å². The van der Waals surface area contributed by atoms with E-state index >= 15 is 0 Å². The molecule has 2 aromatic heterocycles. The number of anilines is 1. The Morgan fingerprint density at radius 3 is 2.75 bits per heavy atom. The molecule has 1 aromatic carbocycles. The zero-order valence-electron chi connectivity index (χ0n) is 14.9. The number of thioether (sulfide) groups is 1. The molecule has 0 spiro atoms. The van der Waals surface area contributed by atoms with Crippen molar-refractivity contribution in [2.45, 2.75) is 12.1 Å². The van der Waals surface area contributed by atoms with Gasteiger partial charge in [0, 0.05) is 17.1 Å². The second-order valence-electron chi connectivity index (χ2n) is 5.52. The largest absolute Gasteiger partial charge is 0.462 e. The van der Waals surface area contributed by atoms with E-state index in [4.69, 9.17) is 4.74 Å². The molecule has 3 aromatic rings. The Labute approximate surface area is 169 Å². The van der Waals surface area contributed by atoms with Gasteiger partial charge >= 0.3 is 5.97 Å². The van der Waals surface area contributed by atoms with E-state index in [-0.39, 0.29) is 23.8 Å². The summed E-state index contributed by atoms with van der Waals surface area (Å²) in [4.78, 5) is 43.3. The molecule has 9 heteroatoms. The van der Waals surface area contributed by atoms with Crippen molar-refractivity contribution in [2.24, 2.45) is 0 Å². The molecule has 3 rings (SSSR count). The van der Waals surface area contributed by atoms with Gasteiger partial charge in [-0.1, -0.05) is 42.1 Å². The van der Waals surface area contributed by atoms with Crippen LogP contribution in [-0.4, -0.2) is 34.2 Å². The second-order valence-corrected chi connectivity index (χ2v) is 7.53. The van der Waals surface area contributed by atoms with Crippen molar-refractivity contribution in [3.63, 3.8) is 0 Å². The lowest BCUT2D eigenvalue weighted by Crippen LogP contribution is -2.16. The highest BCUT2D eigenvalue weighted by molar-refractivity contribution is 7.99. The van der Waals surface area contributed by atoms with Crippen LogP contribution >= 0.6 is 23.1 Å². The van der Waals surface area contributed by atoms with Gasteiger partial charge in [-0.05, 0) is 18.6 Å². The highest BCUT2D eigenvalue weighted by atomic mass is 32.2. The Balaban J connectivity index is 1.77. The number of hydrogen-bond acceptors (Lipinski definition) is 7. The van der Waals surface area contributed by atoms with Crippen LogP contribution in [0.2, 0.25) is 0 Å². The summed E-state index contributed by atoms with van der Waals surface area (Å²) in [6.07, 6.45) is 1.38. The van der Waals surface area contributed by atoms with Gasteiger partial charge in [0.1, 0.15) is 5.00 Å². The maximum Gasteiger partial charge on any atom is 0.341 e. The number of benzene rings is 1. The molecule has 2 heterocycles. The molecule has 7 nitrogen and oxygen atoms in total. The number of amides is 1. The van der Waals surface area contributed by atoms with Gasteiger partial charge in [0.2, 0.25) is 5.91 Å². The fourth-order valence-electron chi connectivity index (χ4n) is 2.31. The highest BCUT2D eigenvalue weighted by Crippen LogP contribution is 2.36. The van der Waals surface area contributed by atoms with E-state index in [1.165, 1.54) is 23.6 Å². The van der Waals surface area contributed by atoms with Crippen molar-refractivity contribution >= 4 is 40.0 Å². The summed E-state index contributed by atoms with van der Waals surface area (Å²) in [5.74, 6) is -0.769. The second kappa shape index (κ2) is 9.34. The topological polar surface area (TPSA) is 101 Å². The van der Waals surface area contributed by atoms with Gasteiger partial charge in [-0.2, -0.15) is 0 Å². The molecule has 0 aliphatic rings. The SMILES string of the molecule is CCOC(=O)c1cc(-c2ccccc2)sc1NC(=O)CSc1nccc(=O)[nH]1. The number of H-pyrrole nitrogens is 1. The summed E-state index contributed by atoms with van der Waals surface area (Å²) >= 11 is 2.40. The minimum Gasteiger partial charge on any atom is -0.462 e. The number of carbonyl (C=O) groups is 2. The number of thiophene rings is 1. The zero-order chi connectivity index (χ0) is 19.9. The molecule has 28 heavy (non-hydrogen) atoms. The van der Waals surface area contributed by atoms with Crippen LogP contribution in [-0.2, 0) is 9.53 Å². The van der Waals surface area contributed by atoms with Crippen molar-refractivity contribution in [2.75, 3.05) is 17.7 Å². The van der Waals surface area contributed by atoms with Gasteiger partial charge in [0.25, 0.3) is 5.56 Å². The first-order valence-corrected chi connectivity index (χ1v) is 10.2. The number of aromatic nitrogens is 2. The number of aromatic amines is 1. The number of esters is 1. The number of nitrogens with zero attached hydrogens (tertiary/aromatic N) is 1. The number of carbonyl (C=O) groups excluding carboxylic acids is 2. The molecule has 2 N–H and O–H groups in total. The Kier molecular flexibility index (Phi) is 6.62. The minimum absolute atomic E-state index is 0.0355. The molecule has 0 aliphatic carbocycles. The maximum atomic E-state index is 12.4. The molecule has 0 atom stereocenters. The summed E-state index contributed by atoms with van der Waals surface area (Å²) in [7, 11) is 0. The molecule has 1 amide bonds. The van der Waals surface area contributed by atoms with Crippen LogP contribution in [0.1, 0.15) is 17.3 Å². The molecule has 0 saturated carbocycles. The van der Waals surface area contributed by atoms with Crippen LogP contribution < -0.4 is 10.9 Å². The van der Waals surface area contributed by atoms with Crippen molar-refractivity contribution < 1.29 is 14.3 Å². The lowest BCUT2D eigenvalue weighted by molar-refractivity contribution is -0.113. The van der Waals surface area contributed by atoms with E-state index in [2.05, 4.69) is 15.3 Å². The summed E-state index contributed by atoms with van der Waals surface area (Å²) in [5, 5.41) is 3.54. The van der Waals surface area contributed by atoms with Gasteiger partial charge in [-0.3, -0.25) is 9.59 Å². The van der Waals surface area contributed by atoms with Gasteiger partial charge in [-0.25, -0.2) is 9.78 Å². The molecule has 0 saturated heterocycles. The van der Waals surface area contributed by atoms with E-state index < -0.39 is 5.97 Å². The molecule has 0 bridgehead atoms. The highest BCUT2D eigenvalue weighted by Gasteiger charge is 2.20. The first kappa shape index (κ1) is 19.8. The van der Waals surface area contributed by atoms with Crippen LogP contribution in [0.4, 0.5) is 5.00 Å². The van der Waals surface area contributed by atoms with Crippen LogP contribution in [0.5, 0.6) is 0 Å². The third-order valence-corrected chi connectivity index (χ3v) is 5.51. The lowest BCUT2D eigenvalue weighted by atomic mass is 10.1. The average molecular weight is 415 g/mol. The van der Waals surface area contributed by atoms with Gasteiger partial charge in [0.15, 0.2) is 5.16 Å². The van der Waals surface area contributed by atoms with E-state index in [0.29, 0.717) is 15.7 Å². The maximum absolute atomic E-state index is 12.4. The molecule has 0 unspecified atom stereocenters. The minimum atomic E-state index is -0.488. The molecule has 144 valence electrons. The summed E-state index contributed by atoms with van der Waals surface area (Å²) < 4.78 is 5.10. The smallest absolute Gasteiger partial charge is 0.341 e. The zero-order valence-corrected chi connectivity index (χ0v) is 16.6. The quantitative estimate of drug-likeness (QED) is 0.348. The van der Waals surface area contributed by atoms with Crippen molar-refractivity contribution in [1.82, 2.24) is 9.97 Å². The van der Waals surface area contributed by atoms with Gasteiger partial charge < -0.3 is 15.0 Å². The standard InChI is InChI=1S/C19H17N3O4S2/c1-2-26-18(25)13-10-14(12-6-4-3-5-7-12)28-17(13)21-16(24)11-27-19-20-9-8-15(23)22-19/h3-10H,2,11H2,1H3,(H,21,24)(H,20,22,23). The normalized spacial score (nSPS) is 10.5. The third kappa shape index (κ3) is 5.08. The fourth-order valence-corrected chi connectivity index (χ4v) is 4.03. The summed E-state index contributed by atoms with van der Waals surface area (Å²) in [6, 6.07) is 12.6. The van der Waals surface area contributed by atoms with Gasteiger partial charge in [0.05, 0.1) is 17.9 Å².